The predicted octanol–water partition coefficient (Wildman–Crippen LogP) is 1.01. The van der Waals surface area contributed by atoms with Crippen LogP contribution in [0.25, 0.3) is 0 Å². The normalized spacial score (nSPS) is 12.3. The maximum atomic E-state index is 11.1. The molecule has 0 radical (unpaired) electrons. The molecular weight excluding hydrogens is 234 g/mol. The maximum absolute atomic E-state index is 11.1. The summed E-state index contributed by atoms with van der Waals surface area (Å²) >= 11 is 0. The van der Waals surface area contributed by atoms with Gasteiger partial charge < -0.3 is 20.3 Å². The van der Waals surface area contributed by atoms with Gasteiger partial charge in [0.15, 0.2) is 0 Å². The molecule has 1 atom stereocenters. The van der Waals surface area contributed by atoms with E-state index in [1.165, 1.54) is 0 Å². The summed E-state index contributed by atoms with van der Waals surface area (Å²) in [5.74, 6) is -0.713. The second-order valence-electron chi connectivity index (χ2n) is 3.91. The third-order valence-electron chi connectivity index (χ3n) is 2.52. The number of rotatable bonds is 8. The molecule has 0 aliphatic carbocycles. The summed E-state index contributed by atoms with van der Waals surface area (Å²) in [6, 6.07) is 5.89. The highest BCUT2D eigenvalue weighted by Gasteiger charge is 2.16. The number of carboxylic acid groups (broad SMARTS) is 1. The molecule has 3 N–H and O–H groups in total. The Morgan fingerprint density at radius 3 is 2.61 bits per heavy atom. The number of phenolic OH excluding ortho intramolecular Hbond substituents is 1. The van der Waals surface area contributed by atoms with Gasteiger partial charge in [0, 0.05) is 13.2 Å². The van der Waals surface area contributed by atoms with Gasteiger partial charge >= 0.3 is 5.97 Å². The van der Waals surface area contributed by atoms with Crippen LogP contribution in [0.15, 0.2) is 24.3 Å². The summed E-state index contributed by atoms with van der Waals surface area (Å²) in [5, 5.41) is 21.2. The first-order valence-electron chi connectivity index (χ1n) is 5.95. The van der Waals surface area contributed by atoms with Crippen LogP contribution in [0.5, 0.6) is 5.75 Å². The molecule has 0 spiro atoms. The molecule has 0 bridgehead atoms. The van der Waals surface area contributed by atoms with E-state index in [1.807, 2.05) is 6.92 Å². The van der Waals surface area contributed by atoms with Crippen molar-refractivity contribution in [1.82, 2.24) is 5.32 Å². The van der Waals surface area contributed by atoms with Gasteiger partial charge in [-0.05, 0) is 31.0 Å². The van der Waals surface area contributed by atoms with Gasteiger partial charge in [-0.1, -0.05) is 12.1 Å². The zero-order valence-electron chi connectivity index (χ0n) is 10.4. The van der Waals surface area contributed by atoms with Crippen molar-refractivity contribution in [2.75, 3.05) is 19.8 Å². The van der Waals surface area contributed by atoms with Gasteiger partial charge in [-0.2, -0.15) is 0 Å². The number of ether oxygens (including phenoxy) is 1. The number of hydrogen-bond donors (Lipinski definition) is 3. The first-order chi connectivity index (χ1) is 8.63. The van der Waals surface area contributed by atoms with Crippen LogP contribution < -0.4 is 5.32 Å². The summed E-state index contributed by atoms with van der Waals surface area (Å²) in [7, 11) is 0. The Morgan fingerprint density at radius 2 is 2.06 bits per heavy atom. The minimum Gasteiger partial charge on any atom is -0.508 e. The Balaban J connectivity index is 2.47. The third-order valence-corrected chi connectivity index (χ3v) is 2.52. The molecule has 0 aromatic heterocycles. The maximum Gasteiger partial charge on any atom is 0.321 e. The summed E-state index contributed by atoms with van der Waals surface area (Å²) in [5.41, 5.74) is 0.865. The molecule has 0 aliphatic rings. The number of aliphatic carboxylic acids is 1. The van der Waals surface area contributed by atoms with E-state index in [2.05, 4.69) is 5.32 Å². The van der Waals surface area contributed by atoms with Crippen LogP contribution in [-0.2, 0) is 16.0 Å². The van der Waals surface area contributed by atoms with Crippen molar-refractivity contribution < 1.29 is 19.7 Å². The van der Waals surface area contributed by atoms with Crippen molar-refractivity contribution in [1.29, 1.82) is 0 Å². The van der Waals surface area contributed by atoms with Crippen molar-refractivity contribution in [2.24, 2.45) is 0 Å². The van der Waals surface area contributed by atoms with E-state index < -0.39 is 12.0 Å². The zero-order chi connectivity index (χ0) is 13.4. The first kappa shape index (κ1) is 14.5. The molecule has 1 aromatic carbocycles. The van der Waals surface area contributed by atoms with Crippen molar-refractivity contribution >= 4 is 5.97 Å². The predicted molar refractivity (Wildman–Crippen MR) is 67.7 cm³/mol. The lowest BCUT2D eigenvalue weighted by Crippen LogP contribution is -2.40. The fourth-order valence-corrected chi connectivity index (χ4v) is 1.56. The molecule has 0 heterocycles. The van der Waals surface area contributed by atoms with Crippen LogP contribution in [0.1, 0.15) is 12.5 Å². The van der Waals surface area contributed by atoms with Crippen LogP contribution in [0.2, 0.25) is 0 Å². The van der Waals surface area contributed by atoms with Gasteiger partial charge in [-0.15, -0.1) is 0 Å². The summed E-state index contributed by atoms with van der Waals surface area (Å²) in [6.07, 6.45) is 0.377. The molecule has 0 aliphatic heterocycles. The highest BCUT2D eigenvalue weighted by Crippen LogP contribution is 2.11. The second-order valence-corrected chi connectivity index (χ2v) is 3.91. The van der Waals surface area contributed by atoms with E-state index in [-0.39, 0.29) is 5.75 Å². The van der Waals surface area contributed by atoms with Crippen LogP contribution in [-0.4, -0.2) is 42.0 Å². The van der Waals surface area contributed by atoms with E-state index in [9.17, 15) is 4.79 Å². The molecule has 18 heavy (non-hydrogen) atoms. The van der Waals surface area contributed by atoms with Crippen molar-refractivity contribution in [3.8, 4) is 5.75 Å². The van der Waals surface area contributed by atoms with Gasteiger partial charge in [-0.25, -0.2) is 0 Å². The highest BCUT2D eigenvalue weighted by atomic mass is 16.5. The van der Waals surface area contributed by atoms with Gasteiger partial charge in [0.1, 0.15) is 11.8 Å². The lowest BCUT2D eigenvalue weighted by Gasteiger charge is -2.14. The number of hydrogen-bond acceptors (Lipinski definition) is 4. The standard InChI is InChI=1S/C13H19NO4/c1-2-18-8-7-14-12(13(16)17)9-10-3-5-11(15)6-4-10/h3-6,12,14-15H,2,7-9H2,1H3,(H,16,17)/t12-/m0/s1. The Hall–Kier alpha value is -1.59. The van der Waals surface area contributed by atoms with E-state index in [0.29, 0.717) is 26.2 Å². The molecule has 0 amide bonds. The van der Waals surface area contributed by atoms with Crippen molar-refractivity contribution in [3.63, 3.8) is 0 Å². The molecule has 5 heteroatoms. The summed E-state index contributed by atoms with van der Waals surface area (Å²) < 4.78 is 5.14. The molecule has 100 valence electrons. The van der Waals surface area contributed by atoms with E-state index in [4.69, 9.17) is 14.9 Å². The van der Waals surface area contributed by atoms with Gasteiger partial charge in [0.25, 0.3) is 0 Å². The van der Waals surface area contributed by atoms with Crippen LogP contribution in [0, 0.1) is 0 Å². The molecule has 1 aromatic rings. The molecule has 0 unspecified atom stereocenters. The summed E-state index contributed by atoms with van der Waals surface area (Å²) in [6.45, 7) is 3.52. The fraction of sp³-hybridized carbons (Fsp3) is 0.462. The monoisotopic (exact) mass is 253 g/mol. The minimum absolute atomic E-state index is 0.176. The average Bonchev–Trinajstić information content (AvgIpc) is 2.35. The number of benzene rings is 1. The number of aromatic hydroxyl groups is 1. The topological polar surface area (TPSA) is 78.8 Å². The number of phenols is 1. The molecular formula is C13H19NO4. The van der Waals surface area contributed by atoms with Gasteiger partial charge in [0.2, 0.25) is 0 Å². The number of carboxylic acids is 1. The van der Waals surface area contributed by atoms with Crippen LogP contribution in [0.4, 0.5) is 0 Å². The van der Waals surface area contributed by atoms with Gasteiger partial charge in [0.05, 0.1) is 6.61 Å². The van der Waals surface area contributed by atoms with Crippen molar-refractivity contribution in [2.45, 2.75) is 19.4 Å². The quantitative estimate of drug-likeness (QED) is 0.603. The largest absolute Gasteiger partial charge is 0.508 e. The minimum atomic E-state index is -0.889. The van der Waals surface area contributed by atoms with Gasteiger partial charge in [-0.3, -0.25) is 4.79 Å². The SMILES string of the molecule is CCOCCN[C@@H](Cc1ccc(O)cc1)C(=O)O. The number of nitrogens with one attached hydrogen (secondary N) is 1. The Bertz CT molecular complexity index is 364. The van der Waals surface area contributed by atoms with Crippen LogP contribution >= 0.6 is 0 Å². The smallest absolute Gasteiger partial charge is 0.321 e. The molecule has 0 saturated carbocycles. The molecule has 5 nitrogen and oxygen atoms in total. The average molecular weight is 253 g/mol. The number of carbonyl (C=O) groups is 1. The summed E-state index contributed by atoms with van der Waals surface area (Å²) in [4.78, 5) is 11.1. The molecule has 1 rings (SSSR count). The highest BCUT2D eigenvalue weighted by molar-refractivity contribution is 5.73. The molecule has 0 saturated heterocycles. The zero-order valence-corrected chi connectivity index (χ0v) is 10.4. The van der Waals surface area contributed by atoms with Crippen molar-refractivity contribution in [3.05, 3.63) is 29.8 Å². The lowest BCUT2D eigenvalue weighted by atomic mass is 10.1. The Morgan fingerprint density at radius 1 is 1.39 bits per heavy atom. The van der Waals surface area contributed by atoms with E-state index in [1.54, 1.807) is 24.3 Å². The van der Waals surface area contributed by atoms with E-state index >= 15 is 0 Å². The lowest BCUT2D eigenvalue weighted by molar-refractivity contribution is -0.139. The second kappa shape index (κ2) is 7.68. The van der Waals surface area contributed by atoms with Crippen LogP contribution in [0.3, 0.4) is 0 Å². The Kier molecular flexibility index (Phi) is 6.18. The third kappa shape index (κ3) is 5.16. The Labute approximate surface area is 106 Å². The molecule has 0 fully saturated rings. The fourth-order valence-electron chi connectivity index (χ4n) is 1.56. The van der Waals surface area contributed by atoms with E-state index in [0.717, 1.165) is 5.56 Å². The first-order valence-corrected chi connectivity index (χ1v) is 5.95.